The van der Waals surface area contributed by atoms with Crippen LogP contribution in [0.25, 0.3) is 0 Å². The summed E-state index contributed by atoms with van der Waals surface area (Å²) in [5, 5.41) is 3.81. The molecule has 0 saturated carbocycles. The van der Waals surface area contributed by atoms with Crippen molar-refractivity contribution in [3.63, 3.8) is 0 Å². The van der Waals surface area contributed by atoms with Gasteiger partial charge < -0.3 is 10.1 Å². The van der Waals surface area contributed by atoms with Crippen LogP contribution in [0.15, 0.2) is 30.3 Å². The molecule has 1 heterocycles. The summed E-state index contributed by atoms with van der Waals surface area (Å²) in [6.07, 6.45) is 0. The fourth-order valence-electron chi connectivity index (χ4n) is 1.97. The first-order valence-electron chi connectivity index (χ1n) is 6.94. The topological polar surface area (TPSA) is 47.0 Å². The zero-order chi connectivity index (χ0) is 15.4. The number of nitrogens with zero attached hydrogens (tertiary/aromatic N) is 2. The maximum absolute atomic E-state index is 6.06. The van der Waals surface area contributed by atoms with Crippen LogP contribution in [0.3, 0.4) is 0 Å². The highest BCUT2D eigenvalue weighted by Crippen LogP contribution is 2.23. The highest BCUT2D eigenvalue weighted by molar-refractivity contribution is 6.29. The van der Waals surface area contributed by atoms with E-state index in [2.05, 4.69) is 22.2 Å². The zero-order valence-electron chi connectivity index (χ0n) is 12.7. The van der Waals surface area contributed by atoms with Gasteiger partial charge in [-0.25, -0.2) is 9.97 Å². The molecule has 0 saturated heterocycles. The Morgan fingerprint density at radius 2 is 1.76 bits per heavy atom. The molecule has 1 aromatic heterocycles. The van der Waals surface area contributed by atoms with Crippen LogP contribution in [0.4, 0.5) is 5.82 Å². The Hall–Kier alpha value is -1.81. The Morgan fingerprint density at radius 3 is 2.33 bits per heavy atom. The number of aromatic nitrogens is 2. The Balaban J connectivity index is 2.16. The highest BCUT2D eigenvalue weighted by Gasteiger charge is 2.10. The van der Waals surface area contributed by atoms with Crippen molar-refractivity contribution in [2.24, 2.45) is 0 Å². The Labute approximate surface area is 130 Å². The molecule has 21 heavy (non-hydrogen) atoms. The van der Waals surface area contributed by atoms with Crippen LogP contribution < -0.4 is 10.1 Å². The molecule has 0 radical (unpaired) electrons. The van der Waals surface area contributed by atoms with Crippen molar-refractivity contribution in [2.75, 3.05) is 12.4 Å². The van der Waals surface area contributed by atoms with Gasteiger partial charge in [0.15, 0.2) is 0 Å². The molecule has 5 heteroatoms. The van der Waals surface area contributed by atoms with Gasteiger partial charge >= 0.3 is 0 Å². The minimum absolute atomic E-state index is 0.113. The van der Waals surface area contributed by atoms with Gasteiger partial charge in [0.05, 0.1) is 7.11 Å². The van der Waals surface area contributed by atoms with E-state index in [1.807, 2.05) is 38.1 Å². The minimum Gasteiger partial charge on any atom is -0.497 e. The smallest absolute Gasteiger partial charge is 0.135 e. The van der Waals surface area contributed by atoms with Crippen LogP contribution in [0.5, 0.6) is 5.75 Å². The number of methoxy groups -OCH3 is 1. The maximum atomic E-state index is 6.06. The summed E-state index contributed by atoms with van der Waals surface area (Å²) in [6, 6.07) is 9.81. The number of nitrogens with one attached hydrogen (secondary N) is 1. The quantitative estimate of drug-likeness (QED) is 0.830. The van der Waals surface area contributed by atoms with Gasteiger partial charge in [-0.05, 0) is 24.6 Å². The molecule has 1 atom stereocenters. The first-order chi connectivity index (χ1) is 9.99. The Bertz CT molecular complexity index is 599. The standard InChI is InChI=1S/C16H20ClN3O/c1-10(2)16-19-14(17)9-15(20-16)18-11(3)12-5-7-13(21-4)8-6-12/h5-11H,1-4H3,(H,18,19,20). The predicted molar refractivity (Wildman–Crippen MR) is 86.2 cm³/mol. The van der Waals surface area contributed by atoms with E-state index in [-0.39, 0.29) is 12.0 Å². The molecule has 0 aliphatic carbocycles. The van der Waals surface area contributed by atoms with E-state index >= 15 is 0 Å². The zero-order valence-corrected chi connectivity index (χ0v) is 13.5. The molecule has 0 spiro atoms. The molecule has 2 rings (SSSR count). The third kappa shape index (κ3) is 4.08. The van der Waals surface area contributed by atoms with Crippen LogP contribution in [0.2, 0.25) is 5.15 Å². The van der Waals surface area contributed by atoms with Crippen LogP contribution in [0, 0.1) is 0 Å². The number of hydrogen-bond donors (Lipinski definition) is 1. The molecule has 4 nitrogen and oxygen atoms in total. The van der Waals surface area contributed by atoms with E-state index in [1.165, 1.54) is 0 Å². The van der Waals surface area contributed by atoms with Crippen molar-refractivity contribution in [3.8, 4) is 5.75 Å². The number of halogens is 1. The van der Waals surface area contributed by atoms with E-state index in [0.29, 0.717) is 5.15 Å². The molecule has 0 bridgehead atoms. The SMILES string of the molecule is COc1ccc(C(C)Nc2cc(Cl)nc(C(C)C)n2)cc1. The van der Waals surface area contributed by atoms with Gasteiger partial charge in [-0.15, -0.1) is 0 Å². The third-order valence-electron chi connectivity index (χ3n) is 3.21. The molecular weight excluding hydrogens is 286 g/mol. The van der Waals surface area contributed by atoms with Gasteiger partial charge in [0, 0.05) is 18.0 Å². The van der Waals surface area contributed by atoms with Gasteiger partial charge in [-0.3, -0.25) is 0 Å². The lowest BCUT2D eigenvalue weighted by Gasteiger charge is -2.16. The molecule has 0 aliphatic heterocycles. The molecule has 0 aliphatic rings. The van der Waals surface area contributed by atoms with Crippen molar-refractivity contribution in [3.05, 3.63) is 46.9 Å². The second kappa shape index (κ2) is 6.76. The van der Waals surface area contributed by atoms with E-state index in [0.717, 1.165) is 23.0 Å². The average Bonchev–Trinajstić information content (AvgIpc) is 2.46. The average molecular weight is 306 g/mol. The molecule has 0 amide bonds. The van der Waals surface area contributed by atoms with E-state index in [4.69, 9.17) is 16.3 Å². The Kier molecular flexibility index (Phi) is 5.02. The first kappa shape index (κ1) is 15.6. The van der Waals surface area contributed by atoms with Gasteiger partial charge in [0.1, 0.15) is 22.5 Å². The minimum atomic E-state index is 0.113. The van der Waals surface area contributed by atoms with E-state index in [1.54, 1.807) is 13.2 Å². The van der Waals surface area contributed by atoms with Crippen molar-refractivity contribution in [1.82, 2.24) is 9.97 Å². The van der Waals surface area contributed by atoms with Crippen LogP contribution in [0.1, 0.15) is 44.1 Å². The lowest BCUT2D eigenvalue weighted by molar-refractivity contribution is 0.414. The van der Waals surface area contributed by atoms with Crippen molar-refractivity contribution < 1.29 is 4.74 Å². The van der Waals surface area contributed by atoms with E-state index in [9.17, 15) is 0 Å². The maximum Gasteiger partial charge on any atom is 0.135 e. The monoisotopic (exact) mass is 305 g/mol. The number of benzene rings is 1. The second-order valence-electron chi connectivity index (χ2n) is 5.23. The van der Waals surface area contributed by atoms with Crippen LogP contribution in [-0.2, 0) is 0 Å². The Morgan fingerprint density at radius 1 is 1.10 bits per heavy atom. The summed E-state index contributed by atoms with van der Waals surface area (Å²) in [5.74, 6) is 2.56. The molecule has 1 unspecified atom stereocenters. The van der Waals surface area contributed by atoms with Crippen molar-refractivity contribution in [1.29, 1.82) is 0 Å². The third-order valence-corrected chi connectivity index (χ3v) is 3.40. The van der Waals surface area contributed by atoms with E-state index < -0.39 is 0 Å². The normalized spacial score (nSPS) is 12.3. The first-order valence-corrected chi connectivity index (χ1v) is 7.32. The summed E-state index contributed by atoms with van der Waals surface area (Å²) in [6.45, 7) is 6.16. The van der Waals surface area contributed by atoms with Crippen molar-refractivity contribution >= 4 is 17.4 Å². The van der Waals surface area contributed by atoms with Gasteiger partial charge in [0.25, 0.3) is 0 Å². The van der Waals surface area contributed by atoms with Gasteiger partial charge in [-0.1, -0.05) is 37.6 Å². The number of ether oxygens (including phenoxy) is 1. The highest BCUT2D eigenvalue weighted by atomic mass is 35.5. The summed E-state index contributed by atoms with van der Waals surface area (Å²) in [7, 11) is 1.66. The fourth-order valence-corrected chi connectivity index (χ4v) is 2.16. The molecule has 1 N–H and O–H groups in total. The summed E-state index contributed by atoms with van der Waals surface area (Å²) >= 11 is 6.06. The van der Waals surface area contributed by atoms with Crippen LogP contribution in [-0.4, -0.2) is 17.1 Å². The number of anilines is 1. The molecular formula is C16H20ClN3O. The molecule has 1 aromatic carbocycles. The van der Waals surface area contributed by atoms with Crippen LogP contribution >= 0.6 is 11.6 Å². The second-order valence-corrected chi connectivity index (χ2v) is 5.62. The fraction of sp³-hybridized carbons (Fsp3) is 0.375. The lowest BCUT2D eigenvalue weighted by Crippen LogP contribution is -2.10. The molecule has 112 valence electrons. The number of rotatable bonds is 5. The van der Waals surface area contributed by atoms with Crippen molar-refractivity contribution in [2.45, 2.75) is 32.7 Å². The molecule has 0 fully saturated rings. The van der Waals surface area contributed by atoms with Gasteiger partial charge in [-0.2, -0.15) is 0 Å². The predicted octanol–water partition coefficient (Wildman–Crippen LogP) is 4.44. The summed E-state index contributed by atoms with van der Waals surface area (Å²) in [4.78, 5) is 8.73. The largest absolute Gasteiger partial charge is 0.497 e. The number of hydrogen-bond acceptors (Lipinski definition) is 4. The lowest BCUT2D eigenvalue weighted by atomic mass is 10.1. The summed E-state index contributed by atoms with van der Waals surface area (Å²) < 4.78 is 5.17. The molecule has 2 aromatic rings. The summed E-state index contributed by atoms with van der Waals surface area (Å²) in [5.41, 5.74) is 1.15. The van der Waals surface area contributed by atoms with Gasteiger partial charge in [0.2, 0.25) is 0 Å².